The van der Waals surface area contributed by atoms with Crippen LogP contribution in [0.4, 0.5) is 10.1 Å². The SMILES string of the molecule is Cc1cc(C)cc(NC(=O)CSc2nnc3c4cc(-c5ccc(F)cc5)nn4ccn23)c1. The average molecular weight is 447 g/mol. The average Bonchev–Trinajstić information content (AvgIpc) is 3.36. The third-order valence-corrected chi connectivity index (χ3v) is 5.91. The first-order valence-corrected chi connectivity index (χ1v) is 10.9. The van der Waals surface area contributed by atoms with Crippen LogP contribution in [0.1, 0.15) is 11.1 Å². The Balaban J connectivity index is 1.36. The van der Waals surface area contributed by atoms with Crippen molar-refractivity contribution in [2.24, 2.45) is 0 Å². The zero-order valence-corrected chi connectivity index (χ0v) is 18.2. The minimum Gasteiger partial charge on any atom is -0.325 e. The van der Waals surface area contributed by atoms with Crippen LogP contribution in [0.5, 0.6) is 0 Å². The molecule has 0 radical (unpaired) electrons. The van der Waals surface area contributed by atoms with E-state index in [-0.39, 0.29) is 17.5 Å². The van der Waals surface area contributed by atoms with Gasteiger partial charge in [0, 0.05) is 23.6 Å². The molecule has 3 aromatic heterocycles. The first-order chi connectivity index (χ1) is 15.5. The number of nitrogens with zero attached hydrogens (tertiary/aromatic N) is 5. The molecule has 2 aromatic carbocycles. The molecule has 0 saturated carbocycles. The first kappa shape index (κ1) is 20.2. The number of carbonyl (C=O) groups excluding carboxylic acids is 1. The lowest BCUT2D eigenvalue weighted by Gasteiger charge is -2.07. The molecule has 5 aromatic rings. The van der Waals surface area contributed by atoms with Gasteiger partial charge < -0.3 is 5.32 Å². The predicted molar refractivity (Wildman–Crippen MR) is 122 cm³/mol. The Bertz CT molecular complexity index is 1440. The van der Waals surface area contributed by atoms with Crippen molar-refractivity contribution < 1.29 is 9.18 Å². The van der Waals surface area contributed by atoms with Gasteiger partial charge in [0.05, 0.1) is 11.4 Å². The number of benzene rings is 2. The van der Waals surface area contributed by atoms with Crippen molar-refractivity contribution in [1.82, 2.24) is 24.2 Å². The molecule has 0 aliphatic carbocycles. The summed E-state index contributed by atoms with van der Waals surface area (Å²) in [5.41, 5.74) is 5.90. The van der Waals surface area contributed by atoms with Crippen molar-refractivity contribution in [1.29, 1.82) is 0 Å². The molecule has 7 nitrogen and oxygen atoms in total. The highest BCUT2D eigenvalue weighted by Crippen LogP contribution is 2.24. The summed E-state index contributed by atoms with van der Waals surface area (Å²) in [6, 6.07) is 14.0. The van der Waals surface area contributed by atoms with E-state index < -0.39 is 0 Å². The van der Waals surface area contributed by atoms with Gasteiger partial charge in [-0.25, -0.2) is 8.91 Å². The van der Waals surface area contributed by atoms with Crippen molar-refractivity contribution in [2.45, 2.75) is 19.0 Å². The van der Waals surface area contributed by atoms with Crippen LogP contribution < -0.4 is 5.32 Å². The standard InChI is InChI=1S/C23H19FN6OS/c1-14-9-15(2)11-18(10-14)25-21(31)13-32-23-27-26-22-20-12-19(16-3-5-17(24)6-4-16)28-30(20)8-7-29(22)23/h3-12H,13H2,1-2H3,(H,25,31). The molecule has 1 N–H and O–H groups in total. The van der Waals surface area contributed by atoms with Gasteiger partial charge in [-0.3, -0.25) is 9.20 Å². The molecule has 0 aliphatic heterocycles. The van der Waals surface area contributed by atoms with E-state index in [0.29, 0.717) is 16.5 Å². The van der Waals surface area contributed by atoms with Gasteiger partial charge in [-0.2, -0.15) is 5.10 Å². The zero-order valence-electron chi connectivity index (χ0n) is 17.4. The lowest BCUT2D eigenvalue weighted by atomic mass is 10.1. The van der Waals surface area contributed by atoms with Crippen LogP contribution in [0.15, 0.2) is 66.1 Å². The number of fused-ring (bicyclic) bond motifs is 3. The number of hydrogen-bond acceptors (Lipinski definition) is 5. The van der Waals surface area contributed by atoms with E-state index in [1.54, 1.807) is 22.8 Å². The van der Waals surface area contributed by atoms with E-state index in [1.807, 2.05) is 42.6 Å². The first-order valence-electron chi connectivity index (χ1n) is 9.96. The van der Waals surface area contributed by atoms with E-state index in [0.717, 1.165) is 27.9 Å². The summed E-state index contributed by atoms with van der Waals surface area (Å²) in [6.07, 6.45) is 3.62. The van der Waals surface area contributed by atoms with E-state index in [4.69, 9.17) is 0 Å². The van der Waals surface area contributed by atoms with Crippen molar-refractivity contribution in [3.05, 3.63) is 77.9 Å². The normalized spacial score (nSPS) is 11.3. The summed E-state index contributed by atoms with van der Waals surface area (Å²) in [7, 11) is 0. The van der Waals surface area contributed by atoms with E-state index in [1.165, 1.54) is 23.9 Å². The van der Waals surface area contributed by atoms with Gasteiger partial charge in [0.1, 0.15) is 11.3 Å². The maximum Gasteiger partial charge on any atom is 0.234 e. The van der Waals surface area contributed by atoms with Crippen LogP contribution in [0, 0.1) is 19.7 Å². The smallest absolute Gasteiger partial charge is 0.234 e. The summed E-state index contributed by atoms with van der Waals surface area (Å²) < 4.78 is 16.8. The van der Waals surface area contributed by atoms with Crippen molar-refractivity contribution in [3.63, 3.8) is 0 Å². The molecule has 160 valence electrons. The topological polar surface area (TPSA) is 76.6 Å². The molecule has 5 rings (SSSR count). The highest BCUT2D eigenvalue weighted by atomic mass is 32.2. The minimum atomic E-state index is -0.291. The molecule has 1 amide bonds. The lowest BCUT2D eigenvalue weighted by molar-refractivity contribution is -0.113. The fourth-order valence-electron chi connectivity index (χ4n) is 3.63. The molecule has 32 heavy (non-hydrogen) atoms. The minimum absolute atomic E-state index is 0.110. The predicted octanol–water partition coefficient (Wildman–Crippen LogP) is 4.53. The Hall–Kier alpha value is -3.72. The maximum atomic E-state index is 13.2. The Morgan fingerprint density at radius 2 is 1.78 bits per heavy atom. The summed E-state index contributed by atoms with van der Waals surface area (Å²) in [5.74, 6) is -0.194. The van der Waals surface area contributed by atoms with Crippen LogP contribution in [0.2, 0.25) is 0 Å². The second-order valence-corrected chi connectivity index (χ2v) is 8.50. The largest absolute Gasteiger partial charge is 0.325 e. The van der Waals surface area contributed by atoms with E-state index >= 15 is 0 Å². The Kier molecular flexibility index (Phi) is 5.10. The van der Waals surface area contributed by atoms with Gasteiger partial charge in [0.15, 0.2) is 10.8 Å². The monoisotopic (exact) mass is 446 g/mol. The van der Waals surface area contributed by atoms with Crippen LogP contribution >= 0.6 is 11.8 Å². The van der Waals surface area contributed by atoms with Gasteiger partial charge in [0.2, 0.25) is 5.91 Å². The van der Waals surface area contributed by atoms with Gasteiger partial charge in [0.25, 0.3) is 0 Å². The fraction of sp³-hybridized carbons (Fsp3) is 0.130. The van der Waals surface area contributed by atoms with Crippen LogP contribution in [0.25, 0.3) is 22.4 Å². The zero-order chi connectivity index (χ0) is 22.2. The van der Waals surface area contributed by atoms with Crippen molar-refractivity contribution in [3.8, 4) is 11.3 Å². The number of carbonyl (C=O) groups is 1. The molecular weight excluding hydrogens is 427 g/mol. The molecule has 9 heteroatoms. The molecule has 0 bridgehead atoms. The van der Waals surface area contributed by atoms with Gasteiger partial charge in [-0.1, -0.05) is 17.8 Å². The lowest BCUT2D eigenvalue weighted by Crippen LogP contribution is -2.14. The highest BCUT2D eigenvalue weighted by Gasteiger charge is 2.14. The molecular formula is C23H19FN6OS. The quantitative estimate of drug-likeness (QED) is 0.402. The Morgan fingerprint density at radius 3 is 2.53 bits per heavy atom. The summed E-state index contributed by atoms with van der Waals surface area (Å²) >= 11 is 1.31. The van der Waals surface area contributed by atoms with E-state index in [2.05, 4.69) is 26.7 Å². The number of aromatic nitrogens is 5. The summed E-state index contributed by atoms with van der Waals surface area (Å²) in [4.78, 5) is 12.4. The summed E-state index contributed by atoms with van der Waals surface area (Å²) in [5, 5.41) is 16.6. The van der Waals surface area contributed by atoms with Gasteiger partial charge in [-0.05, 0) is 67.4 Å². The number of hydrogen-bond donors (Lipinski definition) is 1. The number of anilines is 1. The van der Waals surface area contributed by atoms with Gasteiger partial charge >= 0.3 is 0 Å². The number of rotatable bonds is 5. The maximum absolute atomic E-state index is 13.2. The second kappa shape index (κ2) is 8.08. The molecule has 0 unspecified atom stereocenters. The van der Waals surface area contributed by atoms with Crippen LogP contribution in [-0.4, -0.2) is 35.9 Å². The highest BCUT2D eigenvalue weighted by molar-refractivity contribution is 7.99. The van der Waals surface area contributed by atoms with Crippen molar-refractivity contribution in [2.75, 3.05) is 11.1 Å². The number of aryl methyl sites for hydroxylation is 2. The van der Waals surface area contributed by atoms with E-state index in [9.17, 15) is 9.18 Å². The molecule has 0 aliphatic rings. The second-order valence-electron chi connectivity index (χ2n) is 7.55. The number of halogens is 1. The molecule has 0 spiro atoms. The fourth-order valence-corrected chi connectivity index (χ4v) is 4.34. The molecule has 0 fully saturated rings. The van der Waals surface area contributed by atoms with Crippen LogP contribution in [-0.2, 0) is 4.79 Å². The molecule has 3 heterocycles. The van der Waals surface area contributed by atoms with Crippen molar-refractivity contribution >= 4 is 34.5 Å². The number of nitrogens with one attached hydrogen (secondary N) is 1. The Morgan fingerprint density at radius 1 is 1.03 bits per heavy atom. The molecule has 0 saturated heterocycles. The van der Waals surface area contributed by atoms with Crippen LogP contribution in [0.3, 0.4) is 0 Å². The summed E-state index contributed by atoms with van der Waals surface area (Å²) in [6.45, 7) is 4.00. The Labute approximate surface area is 187 Å². The number of thioether (sulfide) groups is 1. The van der Waals surface area contributed by atoms with Gasteiger partial charge in [-0.15, -0.1) is 10.2 Å². The molecule has 0 atom stereocenters. The third-order valence-electron chi connectivity index (χ3n) is 4.96. The number of amides is 1. The third kappa shape index (κ3) is 3.94.